The maximum Gasteiger partial charge on any atom is 0.421 e. The van der Waals surface area contributed by atoms with Crippen LogP contribution in [0.3, 0.4) is 0 Å². The lowest BCUT2D eigenvalue weighted by Crippen LogP contribution is -2.49. The first-order valence-corrected chi connectivity index (χ1v) is 13.9. The van der Waals surface area contributed by atoms with Crippen LogP contribution in [0.4, 0.5) is 28.0 Å². The van der Waals surface area contributed by atoms with Crippen LogP contribution in [0.25, 0.3) is 11.3 Å². The van der Waals surface area contributed by atoms with Gasteiger partial charge in [0.05, 0.1) is 23.5 Å². The van der Waals surface area contributed by atoms with E-state index in [9.17, 15) is 19.1 Å². The van der Waals surface area contributed by atoms with E-state index in [4.69, 9.17) is 10.6 Å². The number of benzene rings is 1. The van der Waals surface area contributed by atoms with Crippen LogP contribution < -0.4 is 11.2 Å². The van der Waals surface area contributed by atoms with Crippen molar-refractivity contribution in [1.29, 1.82) is 0 Å². The van der Waals surface area contributed by atoms with Crippen molar-refractivity contribution in [3.8, 4) is 11.3 Å². The summed E-state index contributed by atoms with van der Waals surface area (Å²) < 4.78 is 65.7. The molecule has 2 aliphatic rings. The number of nitrogens with one attached hydrogen (secondary N) is 1. The summed E-state index contributed by atoms with van der Waals surface area (Å²) in [6.07, 6.45) is 3.38. The highest BCUT2D eigenvalue weighted by molar-refractivity contribution is 6.03. The van der Waals surface area contributed by atoms with Crippen LogP contribution in [0.2, 0.25) is 0 Å². The Morgan fingerprint density at radius 3 is 2.44 bits per heavy atom. The number of carbonyl (C=O) groups is 2. The van der Waals surface area contributed by atoms with Gasteiger partial charge in [0.25, 0.3) is 5.91 Å². The zero-order valence-corrected chi connectivity index (χ0v) is 23.3. The molecule has 1 unspecified atom stereocenters. The second-order valence-electron chi connectivity index (χ2n) is 11.1. The van der Waals surface area contributed by atoms with E-state index in [-0.39, 0.29) is 55.2 Å². The summed E-state index contributed by atoms with van der Waals surface area (Å²) in [5.41, 5.74) is -2.91. The van der Waals surface area contributed by atoms with Crippen molar-refractivity contribution >= 4 is 17.7 Å². The monoisotopic (exact) mass is 601 g/mol. The van der Waals surface area contributed by atoms with Crippen molar-refractivity contribution in [2.75, 3.05) is 18.5 Å². The highest BCUT2D eigenvalue weighted by Crippen LogP contribution is 2.41. The molecule has 2 amide bonds. The number of nitrogens with two attached hydrogens (primary N) is 1. The van der Waals surface area contributed by atoms with Crippen LogP contribution in [-0.2, 0) is 10.4 Å². The Kier molecular flexibility index (Phi) is 8.65. The van der Waals surface area contributed by atoms with Crippen molar-refractivity contribution < 1.29 is 37.0 Å². The number of nitrogens with zero attached hydrogens (tertiary/aromatic N) is 3. The number of halogens is 4. The van der Waals surface area contributed by atoms with Gasteiger partial charge in [-0.3, -0.25) is 9.78 Å². The van der Waals surface area contributed by atoms with Gasteiger partial charge in [-0.1, -0.05) is 6.92 Å². The molecule has 1 saturated carbocycles. The average Bonchev–Trinajstić information content (AvgIpc) is 2.98. The number of hydrogen-bond donors (Lipinski definition) is 3. The third-order valence-corrected chi connectivity index (χ3v) is 8.41. The number of carbonyl (C=O) groups excluding carboxylic acids is 1. The van der Waals surface area contributed by atoms with Gasteiger partial charge in [0.15, 0.2) is 0 Å². The van der Waals surface area contributed by atoms with Gasteiger partial charge < -0.3 is 15.2 Å². The molecule has 9 nitrogen and oxygen atoms in total. The minimum absolute atomic E-state index is 0.0419. The minimum Gasteiger partial charge on any atom is -0.464 e. The summed E-state index contributed by atoms with van der Waals surface area (Å²) in [6, 6.07) is 5.02. The topological polar surface area (TPSA) is 131 Å². The number of anilines is 1. The van der Waals surface area contributed by atoms with Gasteiger partial charge >= 0.3 is 6.09 Å². The Bertz CT molecular complexity index is 1510. The molecule has 3 atom stereocenters. The first-order chi connectivity index (χ1) is 20.5. The standard InChI is InChI=1S/C30H31F4N5O4/c1-16-12-17(2-5-25(16)39(35)29(41)42)19-6-9-36-15-24(19)38-28(40)23-4-3-20(31)27(37-23)26-21(32)13-18(14-22(26)33)30(34)7-10-43-11-8-30/h3-4,6,9,13-17,25H,2,5,7-8,10-12,35H2,1H3,(H,38,40)(H,41,42)/t16-,17+,25?/m0/s1. The average molecular weight is 602 g/mol. The van der Waals surface area contributed by atoms with E-state index >= 15 is 13.2 Å². The fraction of sp³-hybridized carbons (Fsp3) is 0.400. The van der Waals surface area contributed by atoms with Gasteiger partial charge in [0.2, 0.25) is 0 Å². The molecule has 3 aromatic rings. The van der Waals surface area contributed by atoms with Crippen molar-refractivity contribution in [1.82, 2.24) is 15.0 Å². The second kappa shape index (κ2) is 12.3. The predicted octanol–water partition coefficient (Wildman–Crippen LogP) is 5.91. The molecular weight excluding hydrogens is 570 g/mol. The summed E-state index contributed by atoms with van der Waals surface area (Å²) in [5, 5.41) is 12.8. The molecular formula is C30H31F4N5O4. The van der Waals surface area contributed by atoms with E-state index in [1.807, 2.05) is 6.92 Å². The lowest BCUT2D eigenvalue weighted by Gasteiger charge is -2.38. The normalized spacial score (nSPS) is 21.7. The number of amides is 2. The molecule has 13 heteroatoms. The zero-order valence-electron chi connectivity index (χ0n) is 23.3. The molecule has 1 aliphatic heterocycles. The van der Waals surface area contributed by atoms with Gasteiger partial charge in [0, 0.05) is 32.3 Å². The van der Waals surface area contributed by atoms with Gasteiger partial charge in [0.1, 0.15) is 34.5 Å². The molecule has 1 aliphatic carbocycles. The van der Waals surface area contributed by atoms with Crippen molar-refractivity contribution in [3.63, 3.8) is 0 Å². The van der Waals surface area contributed by atoms with E-state index in [1.54, 1.807) is 12.3 Å². The third kappa shape index (κ3) is 6.18. The number of alkyl halides is 1. The van der Waals surface area contributed by atoms with Crippen molar-refractivity contribution in [3.05, 3.63) is 77.0 Å². The Morgan fingerprint density at radius 2 is 1.79 bits per heavy atom. The number of rotatable bonds is 6. The lowest BCUT2D eigenvalue weighted by molar-refractivity contribution is -0.0117. The summed E-state index contributed by atoms with van der Waals surface area (Å²) in [4.78, 5) is 32.6. The first-order valence-electron chi connectivity index (χ1n) is 13.9. The van der Waals surface area contributed by atoms with Crippen LogP contribution in [0, 0.1) is 23.4 Å². The Balaban J connectivity index is 1.38. The summed E-state index contributed by atoms with van der Waals surface area (Å²) in [7, 11) is 0. The summed E-state index contributed by atoms with van der Waals surface area (Å²) in [5.74, 6) is 1.37. The predicted molar refractivity (Wildman–Crippen MR) is 148 cm³/mol. The highest BCUT2D eigenvalue weighted by atomic mass is 19.1. The summed E-state index contributed by atoms with van der Waals surface area (Å²) in [6.45, 7) is 2.11. The van der Waals surface area contributed by atoms with Crippen LogP contribution in [0.15, 0.2) is 42.7 Å². The molecule has 2 aromatic heterocycles. The molecule has 0 spiro atoms. The molecule has 5 rings (SSSR count). The molecule has 3 heterocycles. The Hall–Kier alpha value is -4.10. The van der Waals surface area contributed by atoms with E-state index in [0.717, 1.165) is 34.8 Å². The molecule has 4 N–H and O–H groups in total. The van der Waals surface area contributed by atoms with Gasteiger partial charge in [-0.2, -0.15) is 0 Å². The van der Waals surface area contributed by atoms with Crippen LogP contribution >= 0.6 is 0 Å². The Morgan fingerprint density at radius 1 is 1.09 bits per heavy atom. The molecule has 0 radical (unpaired) electrons. The maximum atomic E-state index is 15.3. The largest absolute Gasteiger partial charge is 0.464 e. The number of ether oxygens (including phenoxy) is 1. The number of carboxylic acid groups (broad SMARTS) is 1. The highest BCUT2D eigenvalue weighted by Gasteiger charge is 2.37. The fourth-order valence-electron chi connectivity index (χ4n) is 6.06. The zero-order chi connectivity index (χ0) is 30.9. The molecule has 1 aromatic carbocycles. The minimum atomic E-state index is -1.98. The SMILES string of the molecule is C[C@H]1C[C@H](c2ccncc2NC(=O)c2ccc(F)c(-c3c(F)cc(C4(F)CCOCC4)cc3F)n2)CCC1N(N)C(=O)O. The molecule has 228 valence electrons. The first kappa shape index (κ1) is 30.4. The Labute approximate surface area is 245 Å². The van der Waals surface area contributed by atoms with E-state index < -0.39 is 46.4 Å². The van der Waals surface area contributed by atoms with Gasteiger partial charge in [-0.05, 0) is 72.6 Å². The second-order valence-corrected chi connectivity index (χ2v) is 11.1. The molecule has 1 saturated heterocycles. The van der Waals surface area contributed by atoms with Crippen LogP contribution in [0.1, 0.15) is 66.6 Å². The fourth-order valence-corrected chi connectivity index (χ4v) is 6.06. The van der Waals surface area contributed by atoms with Crippen molar-refractivity contribution in [2.24, 2.45) is 11.8 Å². The van der Waals surface area contributed by atoms with Crippen LogP contribution in [0.5, 0.6) is 0 Å². The van der Waals surface area contributed by atoms with Gasteiger partial charge in [-0.25, -0.2) is 38.2 Å². The molecule has 43 heavy (non-hydrogen) atoms. The maximum absolute atomic E-state index is 15.3. The molecule has 2 fully saturated rings. The van der Waals surface area contributed by atoms with E-state index in [0.29, 0.717) is 24.9 Å². The van der Waals surface area contributed by atoms with Crippen molar-refractivity contribution in [2.45, 2.75) is 56.7 Å². The third-order valence-electron chi connectivity index (χ3n) is 8.41. The number of hydrogen-bond acceptors (Lipinski definition) is 6. The molecule has 0 bridgehead atoms. The van der Waals surface area contributed by atoms with E-state index in [1.165, 1.54) is 6.20 Å². The number of hydrazine groups is 1. The summed E-state index contributed by atoms with van der Waals surface area (Å²) >= 11 is 0. The van der Waals surface area contributed by atoms with Crippen LogP contribution in [-0.4, -0.2) is 51.3 Å². The van der Waals surface area contributed by atoms with Gasteiger partial charge in [-0.15, -0.1) is 0 Å². The smallest absolute Gasteiger partial charge is 0.421 e. The quantitative estimate of drug-likeness (QED) is 0.139. The lowest BCUT2D eigenvalue weighted by atomic mass is 9.75. The number of pyridine rings is 2. The van der Waals surface area contributed by atoms with E-state index in [2.05, 4.69) is 15.3 Å². The number of aromatic nitrogens is 2.